The van der Waals surface area contributed by atoms with Crippen molar-refractivity contribution in [2.75, 3.05) is 13.1 Å². The highest BCUT2D eigenvalue weighted by Gasteiger charge is 2.24. The van der Waals surface area contributed by atoms with Crippen LogP contribution in [0.3, 0.4) is 0 Å². The molecule has 4 nitrogen and oxygen atoms in total. The number of aliphatic carboxylic acids is 1. The van der Waals surface area contributed by atoms with Gasteiger partial charge in [-0.05, 0) is 62.3 Å². The number of rotatable bonds is 4. The van der Waals surface area contributed by atoms with Gasteiger partial charge in [0, 0.05) is 5.56 Å². The summed E-state index contributed by atoms with van der Waals surface area (Å²) in [5, 5.41) is 9.00. The normalized spacial score (nSPS) is 16.8. The SMILES string of the molecule is O=C(O)C1CCN(Cc2ccc(-c3ccc(F)cc3)o2)CC1. The Morgan fingerprint density at radius 3 is 2.50 bits per heavy atom. The summed E-state index contributed by atoms with van der Waals surface area (Å²) >= 11 is 0. The molecule has 0 unspecified atom stereocenters. The van der Waals surface area contributed by atoms with Gasteiger partial charge in [-0.25, -0.2) is 4.39 Å². The van der Waals surface area contributed by atoms with Gasteiger partial charge in [-0.1, -0.05) is 0 Å². The first-order chi connectivity index (χ1) is 10.6. The van der Waals surface area contributed by atoms with E-state index in [0.717, 1.165) is 30.2 Å². The van der Waals surface area contributed by atoms with Crippen LogP contribution in [0.25, 0.3) is 11.3 Å². The average Bonchev–Trinajstić information content (AvgIpc) is 2.97. The van der Waals surface area contributed by atoms with Gasteiger partial charge in [0.25, 0.3) is 0 Å². The Bertz CT molecular complexity index is 642. The summed E-state index contributed by atoms with van der Waals surface area (Å²) < 4.78 is 18.7. The van der Waals surface area contributed by atoms with E-state index < -0.39 is 5.97 Å². The van der Waals surface area contributed by atoms with Crippen molar-refractivity contribution < 1.29 is 18.7 Å². The minimum absolute atomic E-state index is 0.220. The molecule has 1 saturated heterocycles. The van der Waals surface area contributed by atoms with Crippen LogP contribution >= 0.6 is 0 Å². The molecule has 2 heterocycles. The lowest BCUT2D eigenvalue weighted by Gasteiger charge is -2.29. The number of furan rings is 1. The lowest BCUT2D eigenvalue weighted by Crippen LogP contribution is -2.35. The number of carbonyl (C=O) groups is 1. The second-order valence-electron chi connectivity index (χ2n) is 5.66. The molecule has 5 heteroatoms. The molecule has 0 saturated carbocycles. The summed E-state index contributed by atoms with van der Waals surface area (Å²) in [5.41, 5.74) is 0.845. The third kappa shape index (κ3) is 3.36. The first-order valence-corrected chi connectivity index (χ1v) is 7.41. The van der Waals surface area contributed by atoms with Crippen LogP contribution in [0.4, 0.5) is 4.39 Å². The molecule has 0 atom stereocenters. The Hall–Kier alpha value is -2.14. The lowest BCUT2D eigenvalue weighted by molar-refractivity contribution is -0.143. The second-order valence-corrected chi connectivity index (χ2v) is 5.66. The number of nitrogens with zero attached hydrogens (tertiary/aromatic N) is 1. The molecule has 0 spiro atoms. The molecule has 1 fully saturated rings. The Labute approximate surface area is 128 Å². The zero-order chi connectivity index (χ0) is 15.5. The summed E-state index contributed by atoms with van der Waals surface area (Å²) in [6.45, 7) is 2.21. The van der Waals surface area contributed by atoms with Gasteiger partial charge in [-0.2, -0.15) is 0 Å². The molecule has 116 valence electrons. The van der Waals surface area contributed by atoms with Crippen LogP contribution in [0, 0.1) is 11.7 Å². The van der Waals surface area contributed by atoms with Gasteiger partial charge >= 0.3 is 5.97 Å². The average molecular weight is 303 g/mol. The zero-order valence-corrected chi connectivity index (χ0v) is 12.2. The summed E-state index contributed by atoms with van der Waals surface area (Å²) in [7, 11) is 0. The van der Waals surface area contributed by atoms with Gasteiger partial charge in [0.05, 0.1) is 12.5 Å². The number of carboxylic acids is 1. The minimum atomic E-state index is -0.698. The van der Waals surface area contributed by atoms with Crippen LogP contribution < -0.4 is 0 Å². The van der Waals surface area contributed by atoms with Gasteiger partial charge in [0.1, 0.15) is 17.3 Å². The summed E-state index contributed by atoms with van der Waals surface area (Å²) in [4.78, 5) is 13.1. The number of carboxylic acid groups (broad SMARTS) is 1. The Morgan fingerprint density at radius 2 is 1.86 bits per heavy atom. The molecule has 3 rings (SSSR count). The first kappa shape index (κ1) is 14.8. The van der Waals surface area contributed by atoms with Gasteiger partial charge in [-0.3, -0.25) is 9.69 Å². The van der Waals surface area contributed by atoms with E-state index in [0.29, 0.717) is 19.4 Å². The smallest absolute Gasteiger partial charge is 0.306 e. The number of halogens is 1. The first-order valence-electron chi connectivity index (χ1n) is 7.41. The maximum Gasteiger partial charge on any atom is 0.306 e. The molecule has 0 aliphatic carbocycles. The zero-order valence-electron chi connectivity index (χ0n) is 12.2. The van der Waals surface area contributed by atoms with Gasteiger partial charge in [-0.15, -0.1) is 0 Å². The van der Waals surface area contributed by atoms with E-state index in [1.165, 1.54) is 12.1 Å². The van der Waals surface area contributed by atoms with E-state index in [-0.39, 0.29) is 11.7 Å². The minimum Gasteiger partial charge on any atom is -0.481 e. The maximum atomic E-state index is 12.9. The molecule has 0 bridgehead atoms. The van der Waals surface area contributed by atoms with Crippen molar-refractivity contribution in [1.82, 2.24) is 4.90 Å². The van der Waals surface area contributed by atoms with Crippen molar-refractivity contribution in [3.8, 4) is 11.3 Å². The molecule has 1 aromatic carbocycles. The third-order valence-corrected chi connectivity index (χ3v) is 4.11. The fraction of sp³-hybridized carbons (Fsp3) is 0.353. The van der Waals surface area contributed by atoms with Crippen molar-refractivity contribution >= 4 is 5.97 Å². The van der Waals surface area contributed by atoms with E-state index in [2.05, 4.69) is 4.90 Å². The molecule has 1 aromatic heterocycles. The van der Waals surface area contributed by atoms with E-state index >= 15 is 0 Å². The second kappa shape index (κ2) is 6.32. The summed E-state index contributed by atoms with van der Waals surface area (Å²) in [6, 6.07) is 10.0. The van der Waals surface area contributed by atoms with E-state index in [1.54, 1.807) is 12.1 Å². The van der Waals surface area contributed by atoms with E-state index in [9.17, 15) is 9.18 Å². The predicted octanol–water partition coefficient (Wildman–Crippen LogP) is 3.38. The Kier molecular flexibility index (Phi) is 4.24. The van der Waals surface area contributed by atoms with E-state index in [1.807, 2.05) is 12.1 Å². The largest absolute Gasteiger partial charge is 0.481 e. The Morgan fingerprint density at radius 1 is 1.18 bits per heavy atom. The van der Waals surface area contributed by atoms with Gasteiger partial charge in [0.15, 0.2) is 0 Å². The highest BCUT2D eigenvalue weighted by atomic mass is 19.1. The van der Waals surface area contributed by atoms with Crippen molar-refractivity contribution in [3.63, 3.8) is 0 Å². The summed E-state index contributed by atoms with van der Waals surface area (Å²) in [6.07, 6.45) is 1.36. The number of benzene rings is 1. The molecule has 0 radical (unpaired) electrons. The van der Waals surface area contributed by atoms with Crippen molar-refractivity contribution in [1.29, 1.82) is 0 Å². The Balaban J connectivity index is 1.60. The van der Waals surface area contributed by atoms with Crippen molar-refractivity contribution in [3.05, 3.63) is 48.0 Å². The molecule has 1 N–H and O–H groups in total. The fourth-order valence-electron chi connectivity index (χ4n) is 2.79. The standard InChI is InChI=1S/C17H18FNO3/c18-14-3-1-12(2-4-14)16-6-5-15(22-16)11-19-9-7-13(8-10-19)17(20)21/h1-6,13H,7-11H2,(H,20,21). The van der Waals surface area contributed by atoms with E-state index in [4.69, 9.17) is 9.52 Å². The van der Waals surface area contributed by atoms with Gasteiger partial charge < -0.3 is 9.52 Å². The highest BCUT2D eigenvalue weighted by Crippen LogP contribution is 2.24. The molecular weight excluding hydrogens is 285 g/mol. The highest BCUT2D eigenvalue weighted by molar-refractivity contribution is 5.70. The van der Waals surface area contributed by atoms with Crippen LogP contribution in [0.5, 0.6) is 0 Å². The molecule has 2 aromatic rings. The number of piperidine rings is 1. The van der Waals surface area contributed by atoms with Gasteiger partial charge in [0.2, 0.25) is 0 Å². The lowest BCUT2D eigenvalue weighted by atomic mass is 9.97. The number of likely N-dealkylation sites (tertiary alicyclic amines) is 1. The molecule has 0 amide bonds. The molecular formula is C17H18FNO3. The fourth-order valence-corrected chi connectivity index (χ4v) is 2.79. The van der Waals surface area contributed by atoms with Crippen LogP contribution in [0.2, 0.25) is 0 Å². The summed E-state index contributed by atoms with van der Waals surface area (Å²) in [5.74, 6) is 0.374. The quantitative estimate of drug-likeness (QED) is 0.940. The molecule has 22 heavy (non-hydrogen) atoms. The third-order valence-electron chi connectivity index (χ3n) is 4.11. The van der Waals surface area contributed by atoms with Crippen molar-refractivity contribution in [2.45, 2.75) is 19.4 Å². The van der Waals surface area contributed by atoms with Crippen LogP contribution in [0.15, 0.2) is 40.8 Å². The monoisotopic (exact) mass is 303 g/mol. The van der Waals surface area contributed by atoms with Crippen LogP contribution in [0.1, 0.15) is 18.6 Å². The van der Waals surface area contributed by atoms with Crippen LogP contribution in [-0.2, 0) is 11.3 Å². The number of hydrogen-bond donors (Lipinski definition) is 1. The maximum absolute atomic E-state index is 12.9. The van der Waals surface area contributed by atoms with Crippen molar-refractivity contribution in [2.24, 2.45) is 5.92 Å². The molecule has 1 aliphatic rings. The number of hydrogen-bond acceptors (Lipinski definition) is 3. The topological polar surface area (TPSA) is 53.7 Å². The van der Waals surface area contributed by atoms with Crippen LogP contribution in [-0.4, -0.2) is 29.1 Å². The predicted molar refractivity (Wildman–Crippen MR) is 79.7 cm³/mol. The molecule has 1 aliphatic heterocycles.